The first-order valence-electron chi connectivity index (χ1n) is 10.9. The molecule has 3 aromatic carbocycles. The van der Waals surface area contributed by atoms with Crippen LogP contribution in [0.4, 0.5) is 18.9 Å². The Bertz CT molecular complexity index is 1390. The normalized spacial score (nSPS) is 12.4. The van der Waals surface area contributed by atoms with E-state index in [-0.39, 0.29) is 18.1 Å². The lowest BCUT2D eigenvalue weighted by Gasteiger charge is -2.17. The molecule has 0 spiro atoms. The summed E-state index contributed by atoms with van der Waals surface area (Å²) in [5.74, 6) is -0.356. The zero-order valence-corrected chi connectivity index (χ0v) is 19.1. The predicted molar refractivity (Wildman–Crippen MR) is 127 cm³/mol. The minimum Gasteiger partial charge on any atom is -0.342 e. The third-order valence-corrected chi connectivity index (χ3v) is 5.47. The van der Waals surface area contributed by atoms with Gasteiger partial charge in [-0.1, -0.05) is 35.9 Å². The summed E-state index contributed by atoms with van der Waals surface area (Å²) in [5, 5.41) is 5.43. The number of benzene rings is 3. The molecule has 0 aliphatic rings. The average Bonchev–Trinajstić information content (AvgIpc) is 3.17. The first kappa shape index (κ1) is 24.0. The summed E-state index contributed by atoms with van der Waals surface area (Å²) >= 11 is 0. The van der Waals surface area contributed by atoms with Crippen LogP contribution in [-0.2, 0) is 17.5 Å². The lowest BCUT2D eigenvalue weighted by molar-refractivity contribution is -0.137. The highest BCUT2D eigenvalue weighted by atomic mass is 19.4. The maximum Gasteiger partial charge on any atom is 0.416 e. The third kappa shape index (κ3) is 5.51. The molecule has 4 aromatic rings. The Labute approximate surface area is 199 Å². The Morgan fingerprint density at radius 2 is 1.74 bits per heavy atom. The Balaban J connectivity index is 1.58. The summed E-state index contributed by atoms with van der Waals surface area (Å²) in [5.41, 5.74) is 1.93. The summed E-state index contributed by atoms with van der Waals surface area (Å²) < 4.78 is 40.7. The molecule has 1 unspecified atom stereocenters. The molecule has 1 atom stereocenters. The van der Waals surface area contributed by atoms with Crippen LogP contribution >= 0.6 is 0 Å². The second-order valence-electron chi connectivity index (χ2n) is 8.24. The van der Waals surface area contributed by atoms with Gasteiger partial charge in [0.25, 0.3) is 5.91 Å². The van der Waals surface area contributed by atoms with E-state index in [1.807, 2.05) is 19.1 Å². The monoisotopic (exact) mass is 480 g/mol. The smallest absolute Gasteiger partial charge is 0.342 e. The third-order valence-electron chi connectivity index (χ3n) is 5.47. The highest BCUT2D eigenvalue weighted by molar-refractivity contribution is 5.95. The largest absolute Gasteiger partial charge is 0.416 e. The van der Waals surface area contributed by atoms with Gasteiger partial charge in [0, 0.05) is 11.3 Å². The number of para-hydroxylation sites is 2. The number of imidazole rings is 1. The summed E-state index contributed by atoms with van der Waals surface area (Å²) in [6.45, 7) is 3.45. The molecule has 0 aliphatic heterocycles. The highest BCUT2D eigenvalue weighted by Gasteiger charge is 2.30. The molecule has 1 aromatic heterocycles. The van der Waals surface area contributed by atoms with Gasteiger partial charge in [-0.3, -0.25) is 9.59 Å². The van der Waals surface area contributed by atoms with E-state index < -0.39 is 23.7 Å². The van der Waals surface area contributed by atoms with Crippen LogP contribution < -0.4 is 10.6 Å². The number of halogens is 3. The van der Waals surface area contributed by atoms with E-state index in [0.29, 0.717) is 22.4 Å². The number of rotatable bonds is 6. The summed E-state index contributed by atoms with van der Waals surface area (Å²) in [6.07, 6.45) is -4.51. The highest BCUT2D eigenvalue weighted by Crippen LogP contribution is 2.30. The molecule has 180 valence electrons. The number of alkyl halides is 3. The maximum absolute atomic E-state index is 13.0. The van der Waals surface area contributed by atoms with Gasteiger partial charge in [-0.25, -0.2) is 4.98 Å². The van der Waals surface area contributed by atoms with Crippen molar-refractivity contribution in [2.75, 3.05) is 5.32 Å². The number of carbonyl (C=O) groups excluding carboxylic acids is 2. The molecule has 0 bridgehead atoms. The molecule has 2 amide bonds. The molecule has 6 nitrogen and oxygen atoms in total. The van der Waals surface area contributed by atoms with Crippen LogP contribution in [0.3, 0.4) is 0 Å². The van der Waals surface area contributed by atoms with Gasteiger partial charge in [-0.2, -0.15) is 13.2 Å². The molecule has 9 heteroatoms. The van der Waals surface area contributed by atoms with Crippen LogP contribution in [0.2, 0.25) is 0 Å². The zero-order valence-electron chi connectivity index (χ0n) is 19.1. The van der Waals surface area contributed by atoms with Gasteiger partial charge in [0.1, 0.15) is 12.4 Å². The van der Waals surface area contributed by atoms with Crippen molar-refractivity contribution in [1.82, 2.24) is 14.9 Å². The lowest BCUT2D eigenvalue weighted by atomic mass is 10.1. The van der Waals surface area contributed by atoms with Gasteiger partial charge in [-0.05, 0) is 56.3 Å². The van der Waals surface area contributed by atoms with Crippen molar-refractivity contribution in [2.45, 2.75) is 32.6 Å². The Morgan fingerprint density at radius 3 is 2.49 bits per heavy atom. The van der Waals surface area contributed by atoms with Crippen LogP contribution in [-0.4, -0.2) is 21.4 Å². The molecule has 4 rings (SSSR count). The number of hydrogen-bond acceptors (Lipinski definition) is 3. The zero-order chi connectivity index (χ0) is 25.2. The SMILES string of the molecule is Cc1cccc(C(=O)NC(C)c2nc3ccccc3n2CC(=O)Nc2cccc(C(F)(F)F)c2)c1. The number of anilines is 1. The van der Waals surface area contributed by atoms with Crippen LogP contribution in [0, 0.1) is 6.92 Å². The molecule has 0 radical (unpaired) electrons. The molecule has 0 saturated heterocycles. The van der Waals surface area contributed by atoms with Crippen molar-refractivity contribution >= 4 is 28.5 Å². The van der Waals surface area contributed by atoms with E-state index in [1.54, 1.807) is 47.9 Å². The fourth-order valence-corrected chi connectivity index (χ4v) is 3.84. The van der Waals surface area contributed by atoms with Gasteiger partial charge in [-0.15, -0.1) is 0 Å². The predicted octanol–water partition coefficient (Wildman–Crippen LogP) is 5.49. The maximum atomic E-state index is 13.0. The second kappa shape index (κ2) is 9.61. The summed E-state index contributed by atoms with van der Waals surface area (Å²) in [7, 11) is 0. The Morgan fingerprint density at radius 1 is 1.00 bits per heavy atom. The Kier molecular flexibility index (Phi) is 6.59. The molecule has 0 saturated carbocycles. The van der Waals surface area contributed by atoms with Crippen molar-refractivity contribution in [3.63, 3.8) is 0 Å². The molecular weight excluding hydrogens is 457 g/mol. The number of hydrogen-bond donors (Lipinski definition) is 2. The van der Waals surface area contributed by atoms with Crippen molar-refractivity contribution in [2.24, 2.45) is 0 Å². The van der Waals surface area contributed by atoms with E-state index in [2.05, 4.69) is 15.6 Å². The summed E-state index contributed by atoms with van der Waals surface area (Å²) in [4.78, 5) is 30.2. The number of nitrogens with one attached hydrogen (secondary N) is 2. The minimum atomic E-state index is -4.51. The fraction of sp³-hybridized carbons (Fsp3) is 0.192. The second-order valence-corrected chi connectivity index (χ2v) is 8.24. The van der Waals surface area contributed by atoms with Gasteiger partial charge >= 0.3 is 6.18 Å². The molecule has 2 N–H and O–H groups in total. The van der Waals surface area contributed by atoms with E-state index in [4.69, 9.17) is 0 Å². The van der Waals surface area contributed by atoms with E-state index >= 15 is 0 Å². The average molecular weight is 480 g/mol. The van der Waals surface area contributed by atoms with Crippen molar-refractivity contribution in [3.05, 3.63) is 95.3 Å². The number of nitrogens with zero attached hydrogens (tertiary/aromatic N) is 2. The van der Waals surface area contributed by atoms with Crippen LogP contribution in [0.25, 0.3) is 11.0 Å². The lowest BCUT2D eigenvalue weighted by Crippen LogP contribution is -2.30. The molecule has 35 heavy (non-hydrogen) atoms. The van der Waals surface area contributed by atoms with Crippen molar-refractivity contribution in [1.29, 1.82) is 0 Å². The van der Waals surface area contributed by atoms with Crippen LogP contribution in [0.1, 0.15) is 40.3 Å². The fourth-order valence-electron chi connectivity index (χ4n) is 3.84. The Hall–Kier alpha value is -4.14. The molecule has 0 fully saturated rings. The topological polar surface area (TPSA) is 76.0 Å². The van der Waals surface area contributed by atoms with Crippen molar-refractivity contribution < 1.29 is 22.8 Å². The van der Waals surface area contributed by atoms with Crippen molar-refractivity contribution in [3.8, 4) is 0 Å². The summed E-state index contributed by atoms with van der Waals surface area (Å²) in [6, 6.07) is 18.3. The standard InChI is InChI=1S/C26H23F3N4O2/c1-16-7-5-8-18(13-16)25(35)30-17(2)24-32-21-11-3-4-12-22(21)33(24)15-23(34)31-20-10-6-9-19(14-20)26(27,28)29/h3-14,17H,15H2,1-2H3,(H,30,35)(H,31,34). The molecule has 0 aliphatic carbocycles. The van der Waals surface area contributed by atoms with Crippen LogP contribution in [0.15, 0.2) is 72.8 Å². The number of amides is 2. The van der Waals surface area contributed by atoms with Gasteiger partial charge < -0.3 is 15.2 Å². The first-order chi connectivity index (χ1) is 16.6. The first-order valence-corrected chi connectivity index (χ1v) is 10.9. The van der Waals surface area contributed by atoms with Gasteiger partial charge in [0.2, 0.25) is 5.91 Å². The number of aromatic nitrogens is 2. The number of aryl methyl sites for hydroxylation is 1. The van der Waals surface area contributed by atoms with Gasteiger partial charge in [0.05, 0.1) is 22.6 Å². The molecular formula is C26H23F3N4O2. The minimum absolute atomic E-state index is 0.0385. The van der Waals surface area contributed by atoms with E-state index in [0.717, 1.165) is 17.7 Å². The van der Waals surface area contributed by atoms with Crippen LogP contribution in [0.5, 0.6) is 0 Å². The quantitative estimate of drug-likeness (QED) is 0.383. The molecule has 1 heterocycles. The number of carbonyl (C=O) groups is 2. The van der Waals surface area contributed by atoms with E-state index in [1.165, 1.54) is 12.1 Å². The van der Waals surface area contributed by atoms with E-state index in [9.17, 15) is 22.8 Å². The number of fused-ring (bicyclic) bond motifs is 1. The van der Waals surface area contributed by atoms with Gasteiger partial charge in [0.15, 0.2) is 0 Å².